The van der Waals surface area contributed by atoms with Gasteiger partial charge in [0.15, 0.2) is 11.5 Å². The fourth-order valence-corrected chi connectivity index (χ4v) is 3.55. The van der Waals surface area contributed by atoms with Crippen LogP contribution in [0.15, 0.2) is 12.1 Å². The Morgan fingerprint density at radius 3 is 2.89 bits per heavy atom. The van der Waals surface area contributed by atoms with E-state index in [2.05, 4.69) is 11.4 Å². The van der Waals surface area contributed by atoms with Crippen LogP contribution in [0.1, 0.15) is 12.0 Å². The molecular weight excluding hydrogens is 282 g/mol. The number of rotatable bonds is 4. The smallest absolute Gasteiger partial charge is 0.179 e. The Bertz CT molecular complexity index is 451. The van der Waals surface area contributed by atoms with Gasteiger partial charge in [-0.15, -0.1) is 0 Å². The molecule has 0 radical (unpaired) electrons. The molecule has 3 rings (SSSR count). The van der Waals surface area contributed by atoms with Gasteiger partial charge in [0.2, 0.25) is 0 Å². The highest BCUT2D eigenvalue weighted by atomic mass is 35.5. The molecule has 0 atom stereocenters. The number of thioether (sulfide) groups is 1. The number of hydrogen-bond donors (Lipinski definition) is 1. The Balaban J connectivity index is 1.64. The molecule has 2 aliphatic heterocycles. The van der Waals surface area contributed by atoms with Crippen LogP contribution in [-0.2, 0) is 5.75 Å². The predicted octanol–water partition coefficient (Wildman–Crippen LogP) is 2.95. The average molecular weight is 300 g/mol. The van der Waals surface area contributed by atoms with E-state index >= 15 is 0 Å². The number of hydrogen-bond acceptors (Lipinski definition) is 4. The number of halogens is 1. The molecule has 0 bridgehead atoms. The lowest BCUT2D eigenvalue weighted by Crippen LogP contribution is -2.43. The highest BCUT2D eigenvalue weighted by molar-refractivity contribution is 7.98. The third kappa shape index (κ3) is 3.30. The van der Waals surface area contributed by atoms with Crippen LogP contribution in [0.25, 0.3) is 0 Å². The van der Waals surface area contributed by atoms with Gasteiger partial charge in [0, 0.05) is 12.2 Å². The molecule has 1 saturated heterocycles. The second-order valence-corrected chi connectivity index (χ2v) is 6.43. The zero-order chi connectivity index (χ0) is 13.1. The number of nitrogens with one attached hydrogen (secondary N) is 1. The Kier molecular flexibility index (Phi) is 4.41. The number of ether oxygens (including phenoxy) is 2. The second kappa shape index (κ2) is 6.25. The van der Waals surface area contributed by atoms with E-state index in [1.165, 1.54) is 11.3 Å². The van der Waals surface area contributed by atoms with Crippen molar-refractivity contribution in [2.45, 2.75) is 12.2 Å². The highest BCUT2D eigenvalue weighted by Crippen LogP contribution is 2.38. The molecule has 0 unspecified atom stereocenters. The maximum absolute atomic E-state index is 6.28. The summed E-state index contributed by atoms with van der Waals surface area (Å²) in [4.78, 5) is 0. The molecule has 1 aromatic rings. The van der Waals surface area contributed by atoms with Gasteiger partial charge < -0.3 is 14.8 Å². The largest absolute Gasteiger partial charge is 0.489 e. The lowest BCUT2D eigenvalue weighted by atomic mass is 10.1. The summed E-state index contributed by atoms with van der Waals surface area (Å²) in [6, 6.07) is 4.07. The van der Waals surface area contributed by atoms with Gasteiger partial charge >= 0.3 is 0 Å². The normalized spacial score (nSPS) is 18.8. The molecule has 0 aromatic heterocycles. The summed E-state index contributed by atoms with van der Waals surface area (Å²) in [7, 11) is 0. The summed E-state index contributed by atoms with van der Waals surface area (Å²) in [6.07, 6.45) is 0.907. The van der Waals surface area contributed by atoms with Crippen LogP contribution in [-0.4, -0.2) is 32.1 Å². The minimum atomic E-state index is 0.667. The summed E-state index contributed by atoms with van der Waals surface area (Å²) >= 11 is 8.24. The van der Waals surface area contributed by atoms with Crippen molar-refractivity contribution in [3.05, 3.63) is 22.7 Å². The molecule has 1 fully saturated rings. The van der Waals surface area contributed by atoms with E-state index in [1.54, 1.807) is 0 Å². The van der Waals surface area contributed by atoms with Crippen LogP contribution in [0.5, 0.6) is 11.5 Å². The zero-order valence-electron chi connectivity index (χ0n) is 10.8. The van der Waals surface area contributed by atoms with E-state index in [9.17, 15) is 0 Å². The molecule has 0 saturated carbocycles. The van der Waals surface area contributed by atoms with Gasteiger partial charge in [-0.25, -0.2) is 0 Å². The van der Waals surface area contributed by atoms with E-state index in [0.29, 0.717) is 24.0 Å². The first-order valence-corrected chi connectivity index (χ1v) is 8.22. The maximum atomic E-state index is 6.28. The summed E-state index contributed by atoms with van der Waals surface area (Å²) in [6.45, 7) is 3.70. The molecule has 0 amide bonds. The SMILES string of the molecule is Clc1cc(CSCC2CNC2)cc2c1OCCCO2. The number of fused-ring (bicyclic) bond motifs is 1. The molecular formula is C14H18ClNO2S. The van der Waals surface area contributed by atoms with E-state index in [4.69, 9.17) is 21.1 Å². The Morgan fingerprint density at radius 1 is 1.26 bits per heavy atom. The maximum Gasteiger partial charge on any atom is 0.179 e. The van der Waals surface area contributed by atoms with Gasteiger partial charge in [0.25, 0.3) is 0 Å². The van der Waals surface area contributed by atoms with Crippen molar-refractivity contribution in [1.29, 1.82) is 0 Å². The lowest BCUT2D eigenvalue weighted by Gasteiger charge is -2.26. The monoisotopic (exact) mass is 299 g/mol. The molecule has 1 N–H and O–H groups in total. The molecule has 5 heteroatoms. The van der Waals surface area contributed by atoms with E-state index < -0.39 is 0 Å². The van der Waals surface area contributed by atoms with Crippen LogP contribution in [0.2, 0.25) is 5.02 Å². The highest BCUT2D eigenvalue weighted by Gasteiger charge is 2.18. The third-order valence-corrected chi connectivity index (χ3v) is 4.88. The second-order valence-electron chi connectivity index (χ2n) is 4.99. The van der Waals surface area contributed by atoms with E-state index in [0.717, 1.165) is 36.9 Å². The van der Waals surface area contributed by atoms with Gasteiger partial charge in [-0.1, -0.05) is 11.6 Å². The van der Waals surface area contributed by atoms with Crippen LogP contribution < -0.4 is 14.8 Å². The molecule has 19 heavy (non-hydrogen) atoms. The van der Waals surface area contributed by atoms with E-state index in [1.807, 2.05) is 17.8 Å². The molecule has 2 heterocycles. The van der Waals surface area contributed by atoms with Crippen molar-refractivity contribution in [3.63, 3.8) is 0 Å². The fourth-order valence-electron chi connectivity index (χ4n) is 2.18. The van der Waals surface area contributed by atoms with Crippen molar-refractivity contribution in [1.82, 2.24) is 5.32 Å². The van der Waals surface area contributed by atoms with Crippen LogP contribution in [0, 0.1) is 5.92 Å². The van der Waals surface area contributed by atoms with Crippen molar-refractivity contribution in [2.24, 2.45) is 5.92 Å². The van der Waals surface area contributed by atoms with Crippen LogP contribution >= 0.6 is 23.4 Å². The summed E-state index contributed by atoms with van der Waals surface area (Å²) in [5.41, 5.74) is 1.21. The first kappa shape index (κ1) is 13.4. The Labute approximate surface area is 123 Å². The van der Waals surface area contributed by atoms with Crippen molar-refractivity contribution in [3.8, 4) is 11.5 Å². The summed E-state index contributed by atoms with van der Waals surface area (Å²) < 4.78 is 11.3. The predicted molar refractivity (Wildman–Crippen MR) is 79.6 cm³/mol. The first-order valence-electron chi connectivity index (χ1n) is 6.69. The van der Waals surface area contributed by atoms with Crippen molar-refractivity contribution >= 4 is 23.4 Å². The molecule has 2 aliphatic rings. The van der Waals surface area contributed by atoms with Crippen LogP contribution in [0.3, 0.4) is 0 Å². The van der Waals surface area contributed by atoms with Crippen LogP contribution in [0.4, 0.5) is 0 Å². The molecule has 3 nitrogen and oxygen atoms in total. The molecule has 1 aromatic carbocycles. The van der Waals surface area contributed by atoms with Gasteiger partial charge in [0.1, 0.15) is 0 Å². The lowest BCUT2D eigenvalue weighted by molar-refractivity contribution is 0.297. The molecule has 0 aliphatic carbocycles. The molecule has 0 spiro atoms. The van der Waals surface area contributed by atoms with Crippen molar-refractivity contribution in [2.75, 3.05) is 32.1 Å². The van der Waals surface area contributed by atoms with Crippen molar-refractivity contribution < 1.29 is 9.47 Å². The topological polar surface area (TPSA) is 30.5 Å². The fraction of sp³-hybridized carbons (Fsp3) is 0.571. The Morgan fingerprint density at radius 2 is 2.11 bits per heavy atom. The standard InChI is InChI=1S/C14H18ClNO2S/c15-12-4-10(8-19-9-11-6-16-7-11)5-13-14(12)18-3-1-2-17-13/h4-5,11,16H,1-3,6-9H2. The van der Waals surface area contributed by atoms with Gasteiger partial charge in [-0.3, -0.25) is 0 Å². The third-order valence-electron chi connectivity index (χ3n) is 3.35. The summed E-state index contributed by atoms with van der Waals surface area (Å²) in [5, 5.41) is 3.96. The zero-order valence-corrected chi connectivity index (χ0v) is 12.4. The van der Waals surface area contributed by atoms with Gasteiger partial charge in [-0.2, -0.15) is 11.8 Å². The number of benzene rings is 1. The Hall–Kier alpha value is -0.580. The van der Waals surface area contributed by atoms with E-state index in [-0.39, 0.29) is 0 Å². The average Bonchev–Trinajstić information content (AvgIpc) is 2.58. The van der Waals surface area contributed by atoms with Gasteiger partial charge in [-0.05, 0) is 42.5 Å². The quantitative estimate of drug-likeness (QED) is 0.926. The summed E-state index contributed by atoms with van der Waals surface area (Å²) in [5.74, 6) is 4.52. The molecule has 104 valence electrons. The minimum absolute atomic E-state index is 0.667. The first-order chi connectivity index (χ1) is 9.33. The van der Waals surface area contributed by atoms with Gasteiger partial charge in [0.05, 0.1) is 18.2 Å². The minimum Gasteiger partial charge on any atom is -0.489 e.